The van der Waals surface area contributed by atoms with Crippen molar-refractivity contribution < 1.29 is 24.0 Å². The highest BCUT2D eigenvalue weighted by molar-refractivity contribution is 7.16. The number of nitrogens with one attached hydrogen (secondary N) is 2. The number of amides is 6. The Hall–Kier alpha value is -3.35. The number of thiophene rings is 1. The molecule has 2 aromatic rings. The summed E-state index contributed by atoms with van der Waals surface area (Å²) in [6, 6.07) is 5.75. The largest absolute Gasteiger partial charge is 0.370 e. The Bertz CT molecular complexity index is 1340. The van der Waals surface area contributed by atoms with Crippen molar-refractivity contribution in [3.63, 3.8) is 0 Å². The minimum absolute atomic E-state index is 0.00604. The van der Waals surface area contributed by atoms with E-state index in [1.54, 1.807) is 24.3 Å². The fourth-order valence-electron chi connectivity index (χ4n) is 4.21. The Balaban J connectivity index is 1.99. The second kappa shape index (κ2) is 11.4. The standard InChI is InChI=1S/C25H30Cl2N6O5S/c1-24(2,3)16-10-13(20(39-16)31-23(38)30-15-7-5-6-14(26)19(15)27)21(36)33-9-8-32(12-18(29)35)22(37)25(33,4)11-17(28)34/h5-7,10H,8-9,11-12H2,1-4H3,(H2,28,34)(H2,29,35)(H2,30,31,38). The van der Waals surface area contributed by atoms with Crippen LogP contribution in [0.3, 0.4) is 0 Å². The molecule has 1 aliphatic rings. The number of carbonyl (C=O) groups is 5. The van der Waals surface area contributed by atoms with Gasteiger partial charge in [0.15, 0.2) is 0 Å². The summed E-state index contributed by atoms with van der Waals surface area (Å²) in [6.45, 7) is 6.94. The lowest BCUT2D eigenvalue weighted by molar-refractivity contribution is -0.152. The first-order valence-corrected chi connectivity index (χ1v) is 13.5. The Morgan fingerprint density at radius 1 is 1.08 bits per heavy atom. The van der Waals surface area contributed by atoms with Gasteiger partial charge in [-0.25, -0.2) is 4.79 Å². The molecule has 14 heteroatoms. The van der Waals surface area contributed by atoms with E-state index in [1.807, 2.05) is 20.8 Å². The zero-order valence-electron chi connectivity index (χ0n) is 21.9. The molecule has 3 rings (SSSR count). The first kappa shape index (κ1) is 30.2. The molecule has 0 spiro atoms. The summed E-state index contributed by atoms with van der Waals surface area (Å²) in [4.78, 5) is 67.0. The van der Waals surface area contributed by atoms with E-state index in [9.17, 15) is 24.0 Å². The Kier molecular flexibility index (Phi) is 8.83. The van der Waals surface area contributed by atoms with Crippen LogP contribution < -0.4 is 22.1 Å². The summed E-state index contributed by atoms with van der Waals surface area (Å²) in [5.41, 5.74) is 9.08. The maximum absolute atomic E-state index is 14.0. The predicted octanol–water partition coefficient (Wildman–Crippen LogP) is 3.40. The number of rotatable bonds is 7. The number of primary amides is 2. The Labute approximate surface area is 239 Å². The van der Waals surface area contributed by atoms with Gasteiger partial charge in [0.05, 0.1) is 34.3 Å². The van der Waals surface area contributed by atoms with Crippen LogP contribution in [-0.2, 0) is 19.8 Å². The molecule has 6 N–H and O–H groups in total. The first-order chi connectivity index (χ1) is 18.0. The first-order valence-electron chi connectivity index (χ1n) is 11.9. The fraction of sp³-hybridized carbons (Fsp3) is 0.400. The summed E-state index contributed by atoms with van der Waals surface area (Å²) in [6.07, 6.45) is -0.473. The molecule has 1 fully saturated rings. The second-order valence-corrected chi connectivity index (χ2v) is 12.2. The van der Waals surface area contributed by atoms with Crippen molar-refractivity contribution in [1.82, 2.24) is 9.80 Å². The monoisotopic (exact) mass is 596 g/mol. The van der Waals surface area contributed by atoms with Crippen LogP contribution in [0.15, 0.2) is 24.3 Å². The molecule has 1 aromatic heterocycles. The molecule has 2 heterocycles. The molecule has 1 aromatic carbocycles. The number of hydrogen-bond acceptors (Lipinski definition) is 6. The number of carbonyl (C=O) groups excluding carboxylic acids is 5. The van der Waals surface area contributed by atoms with Gasteiger partial charge >= 0.3 is 6.03 Å². The zero-order valence-corrected chi connectivity index (χ0v) is 24.2. The van der Waals surface area contributed by atoms with Crippen LogP contribution in [0.5, 0.6) is 0 Å². The van der Waals surface area contributed by atoms with Crippen molar-refractivity contribution in [3.8, 4) is 0 Å². The normalized spacial score (nSPS) is 17.6. The molecular weight excluding hydrogens is 567 g/mol. The lowest BCUT2D eigenvalue weighted by Crippen LogP contribution is -2.67. The van der Waals surface area contributed by atoms with Gasteiger partial charge in [-0.2, -0.15) is 0 Å². The highest BCUT2D eigenvalue weighted by atomic mass is 35.5. The van der Waals surface area contributed by atoms with Crippen molar-refractivity contribution >= 4 is 74.9 Å². The Morgan fingerprint density at radius 2 is 1.74 bits per heavy atom. The minimum Gasteiger partial charge on any atom is -0.370 e. The van der Waals surface area contributed by atoms with Crippen molar-refractivity contribution in [3.05, 3.63) is 44.8 Å². The van der Waals surface area contributed by atoms with E-state index in [0.717, 1.165) is 4.88 Å². The van der Waals surface area contributed by atoms with Gasteiger partial charge in [-0.05, 0) is 30.5 Å². The van der Waals surface area contributed by atoms with E-state index in [4.69, 9.17) is 34.7 Å². The minimum atomic E-state index is -1.67. The van der Waals surface area contributed by atoms with Crippen LogP contribution in [0.25, 0.3) is 0 Å². The molecule has 0 bridgehead atoms. The van der Waals surface area contributed by atoms with Crippen molar-refractivity contribution in [2.75, 3.05) is 30.3 Å². The van der Waals surface area contributed by atoms with Crippen molar-refractivity contribution in [2.24, 2.45) is 11.5 Å². The van der Waals surface area contributed by atoms with Crippen LogP contribution in [0.4, 0.5) is 15.5 Å². The lowest BCUT2D eigenvalue weighted by Gasteiger charge is -2.47. The van der Waals surface area contributed by atoms with E-state index < -0.39 is 41.6 Å². The highest BCUT2D eigenvalue weighted by Gasteiger charge is 2.49. The van der Waals surface area contributed by atoms with Gasteiger partial charge in [0.2, 0.25) is 17.7 Å². The third-order valence-electron chi connectivity index (χ3n) is 6.18. The van der Waals surface area contributed by atoms with E-state index in [-0.39, 0.29) is 51.3 Å². The average Bonchev–Trinajstić information content (AvgIpc) is 3.23. The quantitative estimate of drug-likeness (QED) is 0.383. The average molecular weight is 598 g/mol. The number of urea groups is 1. The number of anilines is 2. The van der Waals surface area contributed by atoms with Crippen LogP contribution in [0, 0.1) is 0 Å². The van der Waals surface area contributed by atoms with Gasteiger partial charge < -0.3 is 26.6 Å². The number of hydrogen-bond donors (Lipinski definition) is 4. The summed E-state index contributed by atoms with van der Waals surface area (Å²) in [5.74, 6) is -2.75. The molecule has 0 saturated carbocycles. The molecule has 39 heavy (non-hydrogen) atoms. The molecular formula is C25H30Cl2N6O5S. The third kappa shape index (κ3) is 6.63. The predicted molar refractivity (Wildman–Crippen MR) is 151 cm³/mol. The van der Waals surface area contributed by atoms with Crippen LogP contribution in [0.2, 0.25) is 10.0 Å². The molecule has 1 aliphatic heterocycles. The molecule has 0 radical (unpaired) electrons. The van der Waals surface area contributed by atoms with Gasteiger partial charge in [0, 0.05) is 18.0 Å². The molecule has 1 unspecified atom stereocenters. The molecule has 6 amide bonds. The summed E-state index contributed by atoms with van der Waals surface area (Å²) < 4.78 is 0. The van der Waals surface area contributed by atoms with Gasteiger partial charge in [0.1, 0.15) is 10.5 Å². The highest BCUT2D eigenvalue weighted by Crippen LogP contribution is 2.39. The van der Waals surface area contributed by atoms with Gasteiger partial charge in [0.25, 0.3) is 5.91 Å². The lowest BCUT2D eigenvalue weighted by atomic mass is 9.89. The molecule has 11 nitrogen and oxygen atoms in total. The van der Waals surface area contributed by atoms with Crippen LogP contribution in [0.1, 0.15) is 49.4 Å². The van der Waals surface area contributed by atoms with Gasteiger partial charge in [-0.3, -0.25) is 24.5 Å². The molecule has 1 atom stereocenters. The van der Waals surface area contributed by atoms with E-state index in [2.05, 4.69) is 10.6 Å². The van der Waals surface area contributed by atoms with Crippen molar-refractivity contribution in [1.29, 1.82) is 0 Å². The van der Waals surface area contributed by atoms with Crippen LogP contribution >= 0.6 is 34.5 Å². The van der Waals surface area contributed by atoms with Gasteiger partial charge in [-0.15, -0.1) is 11.3 Å². The smallest absolute Gasteiger partial charge is 0.324 e. The maximum Gasteiger partial charge on any atom is 0.324 e. The topological polar surface area (TPSA) is 168 Å². The molecule has 1 saturated heterocycles. The van der Waals surface area contributed by atoms with E-state index in [0.29, 0.717) is 0 Å². The number of benzene rings is 1. The second-order valence-electron chi connectivity index (χ2n) is 10.4. The number of nitrogens with two attached hydrogens (primary N) is 2. The summed E-state index contributed by atoms with van der Waals surface area (Å²) in [7, 11) is 0. The zero-order chi connectivity index (χ0) is 29.3. The molecule has 210 valence electrons. The maximum atomic E-state index is 14.0. The number of nitrogens with zero attached hydrogens (tertiary/aromatic N) is 2. The van der Waals surface area contributed by atoms with E-state index in [1.165, 1.54) is 28.1 Å². The summed E-state index contributed by atoms with van der Waals surface area (Å²) >= 11 is 13.4. The van der Waals surface area contributed by atoms with E-state index >= 15 is 0 Å². The SMILES string of the molecule is CC(C)(C)c1cc(C(=O)N2CCN(CC(N)=O)C(=O)C2(C)CC(N)=O)c(NC(=O)Nc2cccc(Cl)c2Cl)s1. The number of halogens is 2. The number of piperazine rings is 1. The van der Waals surface area contributed by atoms with Crippen molar-refractivity contribution in [2.45, 2.75) is 45.1 Å². The summed E-state index contributed by atoms with van der Waals surface area (Å²) in [5, 5.41) is 5.96. The van der Waals surface area contributed by atoms with Crippen LogP contribution in [-0.4, -0.2) is 64.6 Å². The Morgan fingerprint density at radius 3 is 2.33 bits per heavy atom. The molecule has 0 aliphatic carbocycles. The van der Waals surface area contributed by atoms with Gasteiger partial charge in [-0.1, -0.05) is 50.0 Å². The third-order valence-corrected chi connectivity index (χ3v) is 8.47. The fourth-order valence-corrected chi connectivity index (χ4v) is 5.67.